The highest BCUT2D eigenvalue weighted by molar-refractivity contribution is 7.94. The van der Waals surface area contributed by atoms with Gasteiger partial charge < -0.3 is 4.72 Å². The summed E-state index contributed by atoms with van der Waals surface area (Å²) in [6.45, 7) is 0. The van der Waals surface area contributed by atoms with Gasteiger partial charge in [0.05, 0.1) is 10.5 Å². The molecule has 3 aromatic rings. The Labute approximate surface area is 136 Å². The molecule has 0 spiro atoms. The van der Waals surface area contributed by atoms with E-state index in [1.54, 1.807) is 24.3 Å². The van der Waals surface area contributed by atoms with E-state index in [-0.39, 0.29) is 5.69 Å². The van der Waals surface area contributed by atoms with Crippen LogP contribution in [0.15, 0.2) is 71.6 Å². The van der Waals surface area contributed by atoms with Gasteiger partial charge in [-0.3, -0.25) is 0 Å². The van der Waals surface area contributed by atoms with Crippen molar-refractivity contribution in [1.82, 2.24) is 0 Å². The molecule has 3 aromatic carbocycles. The largest absolute Gasteiger partial charge is 0.573 e. The Kier molecular flexibility index (Phi) is 3.96. The second kappa shape index (κ2) is 5.83. The topological polar surface area (TPSA) is 48.2 Å². The summed E-state index contributed by atoms with van der Waals surface area (Å²) in [5, 5.41) is 1.70. The number of fused-ring (bicyclic) bond motifs is 1. The van der Waals surface area contributed by atoms with Crippen LogP contribution in [-0.4, -0.2) is 8.42 Å². The third-order valence-corrected chi connectivity index (χ3v) is 4.72. The highest BCUT2D eigenvalue weighted by Crippen LogP contribution is 2.34. The standard InChI is InChI=1S/C17H11F3NO2S/c18-17(19,20)14-6-3-7-16(11-14)24(22,23)21-15-9-8-12-4-1-2-5-13(12)10-15/h1-11H/q-1. The zero-order chi connectivity index (χ0) is 17.4. The van der Waals surface area contributed by atoms with Gasteiger partial charge in [0, 0.05) is 0 Å². The predicted molar refractivity (Wildman–Crippen MR) is 85.6 cm³/mol. The zero-order valence-corrected chi connectivity index (χ0v) is 13.0. The van der Waals surface area contributed by atoms with Gasteiger partial charge in [0.1, 0.15) is 10.0 Å². The molecule has 0 amide bonds. The van der Waals surface area contributed by atoms with Crippen molar-refractivity contribution in [3.05, 3.63) is 77.0 Å². The second-order valence-electron chi connectivity index (χ2n) is 5.12. The Bertz CT molecular complexity index is 998. The van der Waals surface area contributed by atoms with Crippen LogP contribution in [0.4, 0.5) is 18.9 Å². The van der Waals surface area contributed by atoms with Crippen molar-refractivity contribution in [2.45, 2.75) is 11.1 Å². The maximum atomic E-state index is 12.7. The van der Waals surface area contributed by atoms with E-state index in [1.165, 1.54) is 6.07 Å². The lowest BCUT2D eigenvalue weighted by molar-refractivity contribution is -0.137. The molecule has 0 aromatic heterocycles. The molecule has 0 aliphatic heterocycles. The Morgan fingerprint density at radius 2 is 1.50 bits per heavy atom. The average Bonchev–Trinajstić information content (AvgIpc) is 2.54. The van der Waals surface area contributed by atoms with Crippen molar-refractivity contribution in [1.29, 1.82) is 0 Å². The quantitative estimate of drug-likeness (QED) is 0.647. The number of halogens is 3. The van der Waals surface area contributed by atoms with E-state index >= 15 is 0 Å². The lowest BCUT2D eigenvalue weighted by Crippen LogP contribution is -2.07. The smallest absolute Gasteiger partial charge is 0.416 e. The second-order valence-corrected chi connectivity index (χ2v) is 6.73. The van der Waals surface area contributed by atoms with Gasteiger partial charge in [-0.2, -0.15) is 13.2 Å². The first-order valence-electron chi connectivity index (χ1n) is 6.90. The average molecular weight is 350 g/mol. The fraction of sp³-hybridized carbons (Fsp3) is 0.0588. The van der Waals surface area contributed by atoms with Gasteiger partial charge in [-0.05, 0) is 29.0 Å². The summed E-state index contributed by atoms with van der Waals surface area (Å²) >= 11 is 0. The zero-order valence-electron chi connectivity index (χ0n) is 12.2. The third-order valence-electron chi connectivity index (χ3n) is 3.42. The van der Waals surface area contributed by atoms with Crippen LogP contribution in [0.1, 0.15) is 5.56 Å². The van der Waals surface area contributed by atoms with Crippen LogP contribution in [0.25, 0.3) is 15.5 Å². The summed E-state index contributed by atoms with van der Waals surface area (Å²) in [7, 11) is -4.24. The van der Waals surface area contributed by atoms with Gasteiger partial charge in [0.2, 0.25) is 0 Å². The molecular weight excluding hydrogens is 339 g/mol. The first-order valence-corrected chi connectivity index (χ1v) is 8.34. The molecule has 0 bridgehead atoms. The molecule has 0 saturated heterocycles. The molecule has 0 atom stereocenters. The van der Waals surface area contributed by atoms with Crippen LogP contribution in [-0.2, 0) is 16.2 Å². The van der Waals surface area contributed by atoms with E-state index in [0.29, 0.717) is 6.07 Å². The summed E-state index contributed by atoms with van der Waals surface area (Å²) in [4.78, 5) is -0.495. The maximum Gasteiger partial charge on any atom is 0.416 e. The molecule has 0 aliphatic carbocycles. The number of rotatable bonds is 3. The fourth-order valence-corrected chi connectivity index (χ4v) is 3.28. The number of nitrogens with zero attached hydrogens (tertiary/aromatic N) is 1. The lowest BCUT2D eigenvalue weighted by Gasteiger charge is -2.23. The molecule has 0 N–H and O–H groups in total. The first kappa shape index (κ1) is 16.3. The van der Waals surface area contributed by atoms with Crippen LogP contribution in [0, 0.1) is 0 Å². The van der Waals surface area contributed by atoms with Gasteiger partial charge in [0.25, 0.3) is 0 Å². The van der Waals surface area contributed by atoms with E-state index in [1.807, 2.05) is 12.1 Å². The monoisotopic (exact) mass is 350 g/mol. The minimum absolute atomic E-state index is 0.158. The van der Waals surface area contributed by atoms with Crippen LogP contribution in [0.2, 0.25) is 0 Å². The Balaban J connectivity index is 1.95. The van der Waals surface area contributed by atoms with Crippen molar-refractivity contribution in [2.24, 2.45) is 0 Å². The van der Waals surface area contributed by atoms with Crippen LogP contribution >= 0.6 is 0 Å². The van der Waals surface area contributed by atoms with E-state index in [4.69, 9.17) is 0 Å². The van der Waals surface area contributed by atoms with Gasteiger partial charge >= 0.3 is 6.18 Å². The molecule has 3 rings (SSSR count). The summed E-state index contributed by atoms with van der Waals surface area (Å²) in [5.74, 6) is 0. The molecular formula is C17H11F3NO2S-. The fourth-order valence-electron chi connectivity index (χ4n) is 2.26. The maximum absolute atomic E-state index is 12.7. The third kappa shape index (κ3) is 3.35. The minimum atomic E-state index is -4.62. The molecule has 0 radical (unpaired) electrons. The number of hydrogen-bond donors (Lipinski definition) is 0. The van der Waals surface area contributed by atoms with Crippen molar-refractivity contribution in [3.63, 3.8) is 0 Å². The van der Waals surface area contributed by atoms with Crippen molar-refractivity contribution in [2.75, 3.05) is 0 Å². The molecule has 0 heterocycles. The van der Waals surface area contributed by atoms with Gasteiger partial charge in [-0.25, -0.2) is 8.42 Å². The molecule has 3 nitrogen and oxygen atoms in total. The highest BCUT2D eigenvalue weighted by atomic mass is 32.2. The predicted octanol–water partition coefficient (Wildman–Crippen LogP) is 5.25. The number of hydrogen-bond acceptors (Lipinski definition) is 2. The summed E-state index contributed by atoms with van der Waals surface area (Å²) in [6, 6.07) is 15.6. The molecule has 0 fully saturated rings. The van der Waals surface area contributed by atoms with Crippen molar-refractivity contribution >= 4 is 26.5 Å². The molecule has 0 aliphatic rings. The van der Waals surface area contributed by atoms with E-state index in [9.17, 15) is 21.6 Å². The molecule has 0 unspecified atom stereocenters. The molecule has 124 valence electrons. The SMILES string of the molecule is O=S(=O)([N-]c1ccc2ccccc2c1)c1cccc(C(F)(F)F)c1. The number of sulfonamides is 1. The Morgan fingerprint density at radius 3 is 2.21 bits per heavy atom. The summed E-state index contributed by atoms with van der Waals surface area (Å²) in [6.07, 6.45) is -4.62. The minimum Gasteiger partial charge on any atom is -0.573 e. The van der Waals surface area contributed by atoms with Gasteiger partial charge in [0.15, 0.2) is 0 Å². The van der Waals surface area contributed by atoms with E-state index in [2.05, 4.69) is 4.72 Å². The van der Waals surface area contributed by atoms with Crippen molar-refractivity contribution in [3.8, 4) is 0 Å². The van der Waals surface area contributed by atoms with Gasteiger partial charge in [-0.1, -0.05) is 48.5 Å². The number of alkyl halides is 3. The molecule has 24 heavy (non-hydrogen) atoms. The molecule has 0 saturated carbocycles. The normalized spacial score (nSPS) is 12.3. The molecule has 7 heteroatoms. The summed E-state index contributed by atoms with van der Waals surface area (Å²) in [5.41, 5.74) is -0.872. The summed E-state index contributed by atoms with van der Waals surface area (Å²) < 4.78 is 66.4. The Hall–Kier alpha value is -2.54. The van der Waals surface area contributed by atoms with E-state index < -0.39 is 26.7 Å². The van der Waals surface area contributed by atoms with Crippen LogP contribution in [0.3, 0.4) is 0 Å². The Morgan fingerprint density at radius 1 is 0.792 bits per heavy atom. The highest BCUT2D eigenvalue weighted by Gasteiger charge is 2.30. The van der Waals surface area contributed by atoms with Crippen LogP contribution < -0.4 is 0 Å². The van der Waals surface area contributed by atoms with Crippen molar-refractivity contribution < 1.29 is 21.6 Å². The van der Waals surface area contributed by atoms with Crippen LogP contribution in [0.5, 0.6) is 0 Å². The first-order chi connectivity index (χ1) is 11.3. The van der Waals surface area contributed by atoms with Gasteiger partial charge in [-0.15, -0.1) is 5.69 Å². The lowest BCUT2D eigenvalue weighted by atomic mass is 10.1. The van der Waals surface area contributed by atoms with E-state index in [0.717, 1.165) is 29.0 Å². The number of benzene rings is 3.